The number of hydrogen-bond acceptors (Lipinski definition) is 4. The van der Waals surface area contributed by atoms with E-state index in [4.69, 9.17) is 9.15 Å². The van der Waals surface area contributed by atoms with Gasteiger partial charge in [0.15, 0.2) is 5.96 Å². The van der Waals surface area contributed by atoms with Gasteiger partial charge in [-0.3, -0.25) is 4.79 Å². The van der Waals surface area contributed by atoms with Crippen molar-refractivity contribution in [2.45, 2.75) is 13.3 Å². The zero-order valence-corrected chi connectivity index (χ0v) is 16.2. The summed E-state index contributed by atoms with van der Waals surface area (Å²) in [6.45, 7) is 3.83. The Morgan fingerprint density at radius 3 is 2.56 bits per heavy atom. The van der Waals surface area contributed by atoms with Crippen molar-refractivity contribution in [1.82, 2.24) is 15.5 Å². The minimum Gasteiger partial charge on any atom is -0.492 e. The van der Waals surface area contributed by atoms with Crippen LogP contribution in [-0.4, -0.2) is 57.1 Å². The van der Waals surface area contributed by atoms with Gasteiger partial charge in [0.25, 0.3) is 0 Å². The van der Waals surface area contributed by atoms with Gasteiger partial charge in [0, 0.05) is 27.1 Å². The third kappa shape index (κ3) is 7.85. The fourth-order valence-electron chi connectivity index (χ4n) is 2.19. The number of nitrogens with zero attached hydrogens (tertiary/aromatic N) is 2. The summed E-state index contributed by atoms with van der Waals surface area (Å²) in [5.41, 5.74) is 1.20. The maximum absolute atomic E-state index is 11.8. The number of nitrogens with one attached hydrogen (secondary N) is 2. The summed E-state index contributed by atoms with van der Waals surface area (Å²) >= 11 is 0. The van der Waals surface area contributed by atoms with Gasteiger partial charge in [-0.1, -0.05) is 17.7 Å². The Labute approximate surface area is 160 Å². The van der Waals surface area contributed by atoms with Crippen molar-refractivity contribution < 1.29 is 13.9 Å². The number of amides is 1. The van der Waals surface area contributed by atoms with Crippen molar-refractivity contribution in [3.8, 4) is 5.75 Å². The van der Waals surface area contributed by atoms with Crippen molar-refractivity contribution >= 4 is 11.9 Å². The van der Waals surface area contributed by atoms with Gasteiger partial charge in [0.05, 0.1) is 12.8 Å². The van der Waals surface area contributed by atoms with Gasteiger partial charge in [-0.2, -0.15) is 0 Å². The Hall–Kier alpha value is -2.96. The zero-order valence-electron chi connectivity index (χ0n) is 16.2. The lowest BCUT2D eigenvalue weighted by Crippen LogP contribution is -2.41. The quantitative estimate of drug-likeness (QED) is 0.399. The predicted octanol–water partition coefficient (Wildman–Crippen LogP) is 1.83. The molecule has 0 bridgehead atoms. The second-order valence-electron chi connectivity index (χ2n) is 6.30. The van der Waals surface area contributed by atoms with Crippen LogP contribution < -0.4 is 15.4 Å². The van der Waals surface area contributed by atoms with Crippen molar-refractivity contribution in [1.29, 1.82) is 0 Å². The third-order valence-electron chi connectivity index (χ3n) is 3.80. The number of carbonyl (C=O) groups excluding carboxylic acids is 1. The van der Waals surface area contributed by atoms with E-state index >= 15 is 0 Å². The number of guanidine groups is 1. The first-order valence-electron chi connectivity index (χ1n) is 8.99. The molecule has 7 nitrogen and oxygen atoms in total. The van der Waals surface area contributed by atoms with Crippen molar-refractivity contribution in [2.75, 3.05) is 40.3 Å². The molecule has 0 saturated heterocycles. The SMILES string of the molecule is Cc1ccc(OCCNC(=NCC(=O)N(C)C)NCCc2ccco2)cc1. The Balaban J connectivity index is 1.79. The average molecular weight is 372 g/mol. The monoisotopic (exact) mass is 372 g/mol. The van der Waals surface area contributed by atoms with E-state index < -0.39 is 0 Å². The molecule has 0 radical (unpaired) electrons. The molecule has 1 amide bonds. The van der Waals surface area contributed by atoms with Crippen LogP contribution in [0.15, 0.2) is 52.1 Å². The van der Waals surface area contributed by atoms with Crippen LogP contribution in [0, 0.1) is 6.92 Å². The van der Waals surface area contributed by atoms with Crippen molar-refractivity contribution in [3.05, 3.63) is 54.0 Å². The van der Waals surface area contributed by atoms with E-state index in [0.29, 0.717) is 25.7 Å². The van der Waals surface area contributed by atoms with Crippen LogP contribution in [0.4, 0.5) is 0 Å². The molecule has 0 unspecified atom stereocenters. The van der Waals surface area contributed by atoms with E-state index in [1.165, 1.54) is 10.5 Å². The smallest absolute Gasteiger partial charge is 0.243 e. The van der Waals surface area contributed by atoms with Gasteiger partial charge in [-0.15, -0.1) is 0 Å². The maximum atomic E-state index is 11.8. The molecular formula is C20H28N4O3. The Kier molecular flexibility index (Phi) is 8.22. The molecule has 0 aliphatic carbocycles. The predicted molar refractivity (Wildman–Crippen MR) is 106 cm³/mol. The molecule has 0 aliphatic heterocycles. The van der Waals surface area contributed by atoms with Gasteiger partial charge in [-0.05, 0) is 31.2 Å². The molecule has 0 fully saturated rings. The fraction of sp³-hybridized carbons (Fsp3) is 0.400. The number of aliphatic imine (C=N–C) groups is 1. The molecule has 2 aromatic rings. The first kappa shape index (κ1) is 20.4. The second-order valence-corrected chi connectivity index (χ2v) is 6.30. The number of benzene rings is 1. The number of rotatable bonds is 9. The molecule has 2 N–H and O–H groups in total. The second kappa shape index (κ2) is 10.9. The van der Waals surface area contributed by atoms with Crippen molar-refractivity contribution in [3.63, 3.8) is 0 Å². The number of furan rings is 1. The van der Waals surface area contributed by atoms with Gasteiger partial charge in [0.1, 0.15) is 24.7 Å². The van der Waals surface area contributed by atoms with Crippen LogP contribution in [0.2, 0.25) is 0 Å². The summed E-state index contributed by atoms with van der Waals surface area (Å²) in [5, 5.41) is 6.40. The number of hydrogen-bond donors (Lipinski definition) is 2. The van der Waals surface area contributed by atoms with Crippen LogP contribution in [0.1, 0.15) is 11.3 Å². The van der Waals surface area contributed by atoms with Gasteiger partial charge in [-0.25, -0.2) is 4.99 Å². The van der Waals surface area contributed by atoms with Gasteiger partial charge in [0.2, 0.25) is 5.91 Å². The summed E-state index contributed by atoms with van der Waals surface area (Å²) in [4.78, 5) is 17.6. The molecule has 146 valence electrons. The molecular weight excluding hydrogens is 344 g/mol. The first-order chi connectivity index (χ1) is 13.0. The van der Waals surface area contributed by atoms with Crippen LogP contribution >= 0.6 is 0 Å². The number of aryl methyl sites for hydroxylation is 1. The summed E-state index contributed by atoms with van der Waals surface area (Å²) in [5.74, 6) is 2.24. The van der Waals surface area contributed by atoms with E-state index in [2.05, 4.69) is 15.6 Å². The average Bonchev–Trinajstić information content (AvgIpc) is 3.17. The highest BCUT2D eigenvalue weighted by molar-refractivity contribution is 5.84. The lowest BCUT2D eigenvalue weighted by molar-refractivity contribution is -0.127. The lowest BCUT2D eigenvalue weighted by atomic mass is 10.2. The summed E-state index contributed by atoms with van der Waals surface area (Å²) in [6.07, 6.45) is 2.38. The number of likely N-dealkylation sites (N-methyl/N-ethyl adjacent to an activating group) is 1. The molecule has 0 spiro atoms. The van der Waals surface area contributed by atoms with E-state index in [-0.39, 0.29) is 12.5 Å². The molecule has 0 aliphatic rings. The normalized spacial score (nSPS) is 11.1. The van der Waals surface area contributed by atoms with E-state index in [1.54, 1.807) is 20.4 Å². The molecule has 7 heteroatoms. The Morgan fingerprint density at radius 2 is 1.89 bits per heavy atom. The van der Waals surface area contributed by atoms with Crippen LogP contribution in [0.25, 0.3) is 0 Å². The lowest BCUT2D eigenvalue weighted by Gasteiger charge is -2.14. The molecule has 27 heavy (non-hydrogen) atoms. The molecule has 1 aromatic carbocycles. The number of carbonyl (C=O) groups is 1. The minimum atomic E-state index is -0.0574. The standard InChI is InChI=1S/C20H28N4O3/c1-16-6-8-18(9-7-16)27-14-12-22-20(23-15-19(25)24(2)3)21-11-10-17-5-4-13-26-17/h4-9,13H,10-12,14-15H2,1-3H3,(H2,21,22,23). The van der Waals surface area contributed by atoms with Crippen LogP contribution in [0.5, 0.6) is 5.75 Å². The summed E-state index contributed by atoms with van der Waals surface area (Å²) < 4.78 is 11.0. The summed E-state index contributed by atoms with van der Waals surface area (Å²) in [6, 6.07) is 11.7. The topological polar surface area (TPSA) is 79.1 Å². The van der Waals surface area contributed by atoms with Gasteiger partial charge >= 0.3 is 0 Å². The van der Waals surface area contributed by atoms with Gasteiger partial charge < -0.3 is 24.7 Å². The minimum absolute atomic E-state index is 0.0574. The molecule has 0 atom stereocenters. The Morgan fingerprint density at radius 1 is 1.15 bits per heavy atom. The van der Waals surface area contributed by atoms with Crippen LogP contribution in [0.3, 0.4) is 0 Å². The molecule has 1 heterocycles. The molecule has 2 rings (SSSR count). The van der Waals surface area contributed by atoms with E-state index in [0.717, 1.165) is 17.9 Å². The van der Waals surface area contributed by atoms with E-state index in [1.807, 2.05) is 43.3 Å². The number of ether oxygens (including phenoxy) is 1. The van der Waals surface area contributed by atoms with Crippen LogP contribution in [-0.2, 0) is 11.2 Å². The fourth-order valence-corrected chi connectivity index (χ4v) is 2.19. The largest absolute Gasteiger partial charge is 0.492 e. The maximum Gasteiger partial charge on any atom is 0.243 e. The first-order valence-corrected chi connectivity index (χ1v) is 8.99. The molecule has 0 saturated carbocycles. The van der Waals surface area contributed by atoms with E-state index in [9.17, 15) is 4.79 Å². The Bertz CT molecular complexity index is 709. The third-order valence-corrected chi connectivity index (χ3v) is 3.80. The zero-order chi connectivity index (χ0) is 19.5. The highest BCUT2D eigenvalue weighted by atomic mass is 16.5. The highest BCUT2D eigenvalue weighted by Gasteiger charge is 2.05. The summed E-state index contributed by atoms with van der Waals surface area (Å²) in [7, 11) is 3.43. The highest BCUT2D eigenvalue weighted by Crippen LogP contribution is 2.10. The van der Waals surface area contributed by atoms with Crippen molar-refractivity contribution in [2.24, 2.45) is 4.99 Å². The molecule has 1 aromatic heterocycles.